The van der Waals surface area contributed by atoms with Crippen molar-refractivity contribution >= 4 is 28.7 Å². The normalized spacial score (nSPS) is 13.6. The molecule has 3 heterocycles. The van der Waals surface area contributed by atoms with Gasteiger partial charge in [-0.1, -0.05) is 35.9 Å². The number of rotatable bonds is 3. The van der Waals surface area contributed by atoms with Crippen LogP contribution in [0.1, 0.15) is 20.8 Å². The third-order valence-corrected chi connectivity index (χ3v) is 5.28. The van der Waals surface area contributed by atoms with Crippen molar-refractivity contribution in [2.45, 2.75) is 13.5 Å². The fourth-order valence-corrected chi connectivity index (χ4v) is 3.77. The Morgan fingerprint density at radius 2 is 1.96 bits per heavy atom. The second-order valence-electron chi connectivity index (χ2n) is 6.19. The summed E-state index contributed by atoms with van der Waals surface area (Å²) in [6, 6.07) is 16.2. The Balaban J connectivity index is 1.62. The summed E-state index contributed by atoms with van der Waals surface area (Å²) in [6.45, 7) is 4.33. The van der Waals surface area contributed by atoms with Crippen LogP contribution in [0, 0.1) is 6.92 Å². The van der Waals surface area contributed by atoms with Gasteiger partial charge in [-0.2, -0.15) is 0 Å². The van der Waals surface area contributed by atoms with Gasteiger partial charge in [0.15, 0.2) is 5.82 Å². The second-order valence-corrected chi connectivity index (χ2v) is 7.14. The topological polar surface area (TPSA) is 36.4 Å². The maximum Gasteiger partial charge on any atom is 0.268 e. The Morgan fingerprint density at radius 1 is 1.12 bits per heavy atom. The summed E-state index contributed by atoms with van der Waals surface area (Å²) in [4.78, 5) is 22.2. The van der Waals surface area contributed by atoms with Crippen LogP contribution in [0.2, 0.25) is 0 Å². The molecular formula is C20H19N3OS. The Morgan fingerprint density at radius 3 is 2.72 bits per heavy atom. The number of carbonyl (C=O) groups excluding carboxylic acids is 1. The molecule has 2 aromatic heterocycles. The molecule has 0 spiro atoms. The molecular weight excluding hydrogens is 330 g/mol. The fraction of sp³-hybridized carbons (Fsp3) is 0.200. The molecule has 3 aromatic rings. The lowest BCUT2D eigenvalue weighted by atomic mass is 10.1. The number of carbonyl (C=O) groups is 1. The summed E-state index contributed by atoms with van der Waals surface area (Å²) in [5.41, 5.74) is 3.40. The predicted molar refractivity (Wildman–Crippen MR) is 102 cm³/mol. The van der Waals surface area contributed by atoms with Gasteiger partial charge in [-0.15, -0.1) is 11.3 Å². The van der Waals surface area contributed by atoms with Crippen molar-refractivity contribution in [1.82, 2.24) is 4.98 Å². The lowest BCUT2D eigenvalue weighted by molar-refractivity contribution is 0.0990. The average Bonchev–Trinajstić information content (AvgIpc) is 3.18. The first-order valence-electron chi connectivity index (χ1n) is 8.33. The van der Waals surface area contributed by atoms with Crippen molar-refractivity contribution in [2.24, 2.45) is 0 Å². The monoisotopic (exact) mass is 349 g/mol. The van der Waals surface area contributed by atoms with Gasteiger partial charge in [0.25, 0.3) is 5.91 Å². The van der Waals surface area contributed by atoms with Crippen molar-refractivity contribution in [2.75, 3.05) is 22.9 Å². The Labute approximate surface area is 151 Å². The van der Waals surface area contributed by atoms with Crippen molar-refractivity contribution in [3.8, 4) is 0 Å². The summed E-state index contributed by atoms with van der Waals surface area (Å²) in [6.07, 6.45) is 1.79. The maximum atomic E-state index is 12.8. The molecule has 0 saturated carbocycles. The highest BCUT2D eigenvalue weighted by atomic mass is 32.1. The van der Waals surface area contributed by atoms with E-state index in [0.717, 1.165) is 29.5 Å². The summed E-state index contributed by atoms with van der Waals surface area (Å²) < 4.78 is 0. The third-order valence-electron chi connectivity index (χ3n) is 4.42. The third kappa shape index (κ3) is 3.15. The predicted octanol–water partition coefficient (Wildman–Crippen LogP) is 4.12. The van der Waals surface area contributed by atoms with Crippen LogP contribution in [0.5, 0.6) is 0 Å². The fourth-order valence-electron chi connectivity index (χ4n) is 3.10. The molecule has 0 saturated heterocycles. The van der Waals surface area contributed by atoms with Gasteiger partial charge in [0.05, 0.1) is 10.6 Å². The molecule has 1 aliphatic rings. The standard InChI is InChI=1S/C20H19N3OS/c1-15-6-8-16(9-7-15)14-22-11-12-23(17-4-2-10-21-19(17)22)20(24)18-5-3-13-25-18/h2-10,13H,11-12,14H2,1H3. The highest BCUT2D eigenvalue weighted by Crippen LogP contribution is 2.33. The molecule has 1 aliphatic heterocycles. The van der Waals surface area contributed by atoms with Gasteiger partial charge in [0.2, 0.25) is 0 Å². The highest BCUT2D eigenvalue weighted by Gasteiger charge is 2.28. The quantitative estimate of drug-likeness (QED) is 0.714. The summed E-state index contributed by atoms with van der Waals surface area (Å²) in [5.74, 6) is 0.929. The van der Waals surface area contributed by atoms with E-state index in [9.17, 15) is 4.79 Å². The van der Waals surface area contributed by atoms with Crippen molar-refractivity contribution in [3.63, 3.8) is 0 Å². The summed E-state index contributed by atoms with van der Waals surface area (Å²) >= 11 is 1.48. The number of benzene rings is 1. The molecule has 5 heteroatoms. The zero-order valence-corrected chi connectivity index (χ0v) is 14.9. The molecule has 1 amide bonds. The number of aryl methyl sites for hydroxylation is 1. The van der Waals surface area contributed by atoms with E-state index in [2.05, 4.69) is 41.1 Å². The van der Waals surface area contributed by atoms with Gasteiger partial charge < -0.3 is 9.80 Å². The Kier molecular flexibility index (Phi) is 4.24. The number of aromatic nitrogens is 1. The number of hydrogen-bond acceptors (Lipinski definition) is 4. The lowest BCUT2D eigenvalue weighted by Gasteiger charge is -2.36. The van der Waals surface area contributed by atoms with Crippen molar-refractivity contribution < 1.29 is 4.79 Å². The van der Waals surface area contributed by atoms with E-state index in [0.29, 0.717) is 6.54 Å². The lowest BCUT2D eigenvalue weighted by Crippen LogP contribution is -2.44. The molecule has 1 aromatic carbocycles. The minimum absolute atomic E-state index is 0.0548. The molecule has 0 radical (unpaired) electrons. The number of amides is 1. The molecule has 126 valence electrons. The summed E-state index contributed by atoms with van der Waals surface area (Å²) in [5, 5.41) is 1.94. The van der Waals surface area contributed by atoms with Crippen LogP contribution >= 0.6 is 11.3 Å². The van der Waals surface area contributed by atoms with Gasteiger partial charge in [-0.3, -0.25) is 4.79 Å². The first kappa shape index (κ1) is 15.8. The molecule has 0 bridgehead atoms. The molecule has 0 unspecified atom stereocenters. The van der Waals surface area contributed by atoms with Crippen LogP contribution in [0.4, 0.5) is 11.5 Å². The number of pyridine rings is 1. The number of thiophene rings is 1. The van der Waals surface area contributed by atoms with Crippen LogP contribution in [-0.4, -0.2) is 24.0 Å². The van der Waals surface area contributed by atoms with Gasteiger partial charge in [0, 0.05) is 25.8 Å². The van der Waals surface area contributed by atoms with Gasteiger partial charge in [0.1, 0.15) is 0 Å². The number of anilines is 2. The number of hydrogen-bond donors (Lipinski definition) is 0. The van der Waals surface area contributed by atoms with Crippen molar-refractivity contribution in [1.29, 1.82) is 0 Å². The average molecular weight is 349 g/mol. The minimum Gasteiger partial charge on any atom is -0.349 e. The Bertz CT molecular complexity index is 874. The molecule has 4 nitrogen and oxygen atoms in total. The molecule has 0 aliphatic carbocycles. The highest BCUT2D eigenvalue weighted by molar-refractivity contribution is 7.12. The molecule has 0 N–H and O–H groups in total. The van der Waals surface area contributed by atoms with Crippen molar-refractivity contribution in [3.05, 3.63) is 76.1 Å². The van der Waals surface area contributed by atoms with E-state index in [1.807, 2.05) is 34.5 Å². The van der Waals surface area contributed by atoms with Crippen LogP contribution in [0.15, 0.2) is 60.1 Å². The molecule has 25 heavy (non-hydrogen) atoms. The summed E-state index contributed by atoms with van der Waals surface area (Å²) in [7, 11) is 0. The largest absolute Gasteiger partial charge is 0.349 e. The van der Waals surface area contributed by atoms with Crippen LogP contribution < -0.4 is 9.80 Å². The van der Waals surface area contributed by atoms with E-state index in [-0.39, 0.29) is 5.91 Å². The smallest absolute Gasteiger partial charge is 0.268 e. The Hall–Kier alpha value is -2.66. The van der Waals surface area contributed by atoms with Crippen LogP contribution in [0.3, 0.4) is 0 Å². The number of nitrogens with zero attached hydrogens (tertiary/aromatic N) is 3. The van der Waals surface area contributed by atoms with Gasteiger partial charge >= 0.3 is 0 Å². The van der Waals surface area contributed by atoms with Gasteiger partial charge in [-0.05, 0) is 36.1 Å². The first-order chi connectivity index (χ1) is 12.2. The molecule has 0 fully saturated rings. The van der Waals surface area contributed by atoms with E-state index in [1.54, 1.807) is 6.20 Å². The zero-order chi connectivity index (χ0) is 17.2. The van der Waals surface area contributed by atoms with E-state index >= 15 is 0 Å². The van der Waals surface area contributed by atoms with E-state index in [4.69, 9.17) is 0 Å². The van der Waals surface area contributed by atoms with E-state index in [1.165, 1.54) is 22.5 Å². The first-order valence-corrected chi connectivity index (χ1v) is 9.21. The molecule has 4 rings (SSSR count). The maximum absolute atomic E-state index is 12.8. The van der Waals surface area contributed by atoms with E-state index < -0.39 is 0 Å². The van der Waals surface area contributed by atoms with Gasteiger partial charge in [-0.25, -0.2) is 4.98 Å². The number of fused-ring (bicyclic) bond motifs is 1. The minimum atomic E-state index is 0.0548. The zero-order valence-electron chi connectivity index (χ0n) is 14.1. The molecule has 0 atom stereocenters. The SMILES string of the molecule is Cc1ccc(CN2CCN(C(=O)c3cccs3)c3cccnc32)cc1. The second kappa shape index (κ2) is 6.69. The van der Waals surface area contributed by atoms with Crippen LogP contribution in [0.25, 0.3) is 0 Å². The van der Waals surface area contributed by atoms with Crippen LogP contribution in [-0.2, 0) is 6.54 Å².